The first kappa shape index (κ1) is 52.2. The van der Waals surface area contributed by atoms with E-state index in [1.807, 2.05) is 0 Å². The second-order valence-corrected chi connectivity index (χ2v) is 16.0. The number of allylic oxidation sites excluding steroid dienone is 6. The highest BCUT2D eigenvalue weighted by Gasteiger charge is 2.26. The van der Waals surface area contributed by atoms with Gasteiger partial charge in [0, 0.05) is 19.4 Å². The van der Waals surface area contributed by atoms with Crippen molar-refractivity contribution in [1.82, 2.24) is 0 Å². The van der Waals surface area contributed by atoms with E-state index < -0.39 is 26.5 Å². The van der Waals surface area contributed by atoms with Crippen molar-refractivity contribution >= 4 is 19.8 Å². The summed E-state index contributed by atoms with van der Waals surface area (Å²) in [5.41, 5.74) is 5.35. The molecule has 54 heavy (non-hydrogen) atoms. The topological polar surface area (TPSA) is 134 Å². The van der Waals surface area contributed by atoms with Gasteiger partial charge in [-0.15, -0.1) is 0 Å². The second kappa shape index (κ2) is 40.9. The molecule has 0 fully saturated rings. The standard InChI is InChI=1S/C44H82NO8P/c1-3-5-7-9-11-13-15-17-19-21-23-25-27-29-31-33-35-37-44(47)53-42(41-52-54(48,49)51-39-38-45)40-50-43(46)36-34-32-30-28-26-24-22-20-18-16-14-12-10-8-6-4-2/h11,13,17,19,23,25,42H,3-10,12,14-16,18,20-22,24,26-41,45H2,1-2H3,(H,48,49)/b13-11-,19-17-,25-23-/t42-/m1/s1. The summed E-state index contributed by atoms with van der Waals surface area (Å²) in [6.07, 6.45) is 44.5. The zero-order valence-electron chi connectivity index (χ0n) is 34.7. The van der Waals surface area contributed by atoms with Crippen LogP contribution >= 0.6 is 7.82 Å². The number of phosphoric acid groups is 1. The van der Waals surface area contributed by atoms with Crippen molar-refractivity contribution in [2.75, 3.05) is 26.4 Å². The van der Waals surface area contributed by atoms with Crippen molar-refractivity contribution in [3.8, 4) is 0 Å². The van der Waals surface area contributed by atoms with Gasteiger partial charge < -0.3 is 20.1 Å². The fraction of sp³-hybridized carbons (Fsp3) is 0.818. The Hall–Kier alpha value is -1.77. The highest BCUT2D eigenvalue weighted by atomic mass is 31.2. The fourth-order valence-electron chi connectivity index (χ4n) is 5.99. The molecule has 0 aliphatic heterocycles. The Labute approximate surface area is 331 Å². The third-order valence-corrected chi connectivity index (χ3v) is 10.3. The number of carbonyl (C=O) groups is 2. The summed E-state index contributed by atoms with van der Waals surface area (Å²) in [5.74, 6) is -0.848. The third kappa shape index (κ3) is 39.9. The fourth-order valence-corrected chi connectivity index (χ4v) is 6.76. The molecular weight excluding hydrogens is 701 g/mol. The quantitative estimate of drug-likeness (QED) is 0.0269. The van der Waals surface area contributed by atoms with Crippen LogP contribution < -0.4 is 5.73 Å². The number of hydrogen-bond acceptors (Lipinski definition) is 8. The summed E-state index contributed by atoms with van der Waals surface area (Å²) in [6.45, 7) is 3.69. The van der Waals surface area contributed by atoms with Gasteiger partial charge in [0.1, 0.15) is 6.61 Å². The van der Waals surface area contributed by atoms with Crippen molar-refractivity contribution in [3.05, 3.63) is 36.5 Å². The lowest BCUT2D eigenvalue weighted by molar-refractivity contribution is -0.161. The summed E-state index contributed by atoms with van der Waals surface area (Å²) in [4.78, 5) is 34.9. The molecule has 3 N–H and O–H groups in total. The lowest BCUT2D eigenvalue weighted by atomic mass is 10.0. The molecule has 0 spiro atoms. The lowest BCUT2D eigenvalue weighted by Crippen LogP contribution is -2.29. The molecule has 10 heteroatoms. The van der Waals surface area contributed by atoms with Crippen LogP contribution in [-0.2, 0) is 32.7 Å². The zero-order valence-corrected chi connectivity index (χ0v) is 35.6. The predicted molar refractivity (Wildman–Crippen MR) is 224 cm³/mol. The Morgan fingerprint density at radius 2 is 0.963 bits per heavy atom. The molecule has 0 aromatic heterocycles. The molecule has 1 unspecified atom stereocenters. The van der Waals surface area contributed by atoms with Crippen molar-refractivity contribution in [3.63, 3.8) is 0 Å². The number of rotatable bonds is 41. The average Bonchev–Trinajstić information content (AvgIpc) is 3.16. The van der Waals surface area contributed by atoms with Gasteiger partial charge in [0.15, 0.2) is 6.10 Å². The normalized spacial score (nSPS) is 13.6. The second-order valence-electron chi connectivity index (χ2n) is 14.6. The summed E-state index contributed by atoms with van der Waals surface area (Å²) in [7, 11) is -4.38. The van der Waals surface area contributed by atoms with Gasteiger partial charge in [-0.3, -0.25) is 18.6 Å². The largest absolute Gasteiger partial charge is 0.472 e. The molecule has 9 nitrogen and oxygen atoms in total. The maximum Gasteiger partial charge on any atom is 0.472 e. The van der Waals surface area contributed by atoms with Gasteiger partial charge in [-0.1, -0.05) is 172 Å². The van der Waals surface area contributed by atoms with Crippen LogP contribution in [0.15, 0.2) is 36.5 Å². The smallest absolute Gasteiger partial charge is 0.462 e. The number of carbonyl (C=O) groups excluding carboxylic acids is 2. The predicted octanol–water partition coefficient (Wildman–Crippen LogP) is 12.6. The van der Waals surface area contributed by atoms with Crippen LogP contribution in [0.1, 0.15) is 200 Å². The van der Waals surface area contributed by atoms with E-state index in [4.69, 9.17) is 24.3 Å². The summed E-state index contributed by atoms with van der Waals surface area (Å²) in [5, 5.41) is 0. The number of nitrogens with two attached hydrogens (primary N) is 1. The van der Waals surface area contributed by atoms with E-state index in [2.05, 4.69) is 50.3 Å². The highest BCUT2D eigenvalue weighted by Crippen LogP contribution is 2.43. The van der Waals surface area contributed by atoms with E-state index in [9.17, 15) is 19.0 Å². The molecule has 0 aliphatic carbocycles. The van der Waals surface area contributed by atoms with E-state index in [1.165, 1.54) is 109 Å². The molecule has 0 amide bonds. The van der Waals surface area contributed by atoms with E-state index in [0.29, 0.717) is 6.42 Å². The molecule has 0 heterocycles. The molecule has 0 saturated heterocycles. The van der Waals surface area contributed by atoms with Gasteiger partial charge in [-0.05, 0) is 51.4 Å². The number of esters is 2. The zero-order chi connectivity index (χ0) is 39.6. The van der Waals surface area contributed by atoms with Gasteiger partial charge in [0.05, 0.1) is 13.2 Å². The van der Waals surface area contributed by atoms with Crippen molar-refractivity contribution in [1.29, 1.82) is 0 Å². The first-order valence-electron chi connectivity index (χ1n) is 22.0. The van der Waals surface area contributed by atoms with Crippen molar-refractivity contribution < 1.29 is 37.6 Å². The highest BCUT2D eigenvalue weighted by molar-refractivity contribution is 7.47. The Morgan fingerprint density at radius 3 is 1.46 bits per heavy atom. The summed E-state index contributed by atoms with van der Waals surface area (Å²) in [6, 6.07) is 0. The van der Waals surface area contributed by atoms with Crippen LogP contribution in [0.2, 0.25) is 0 Å². The lowest BCUT2D eigenvalue weighted by Gasteiger charge is -2.19. The van der Waals surface area contributed by atoms with Crippen LogP contribution in [0.4, 0.5) is 0 Å². The Morgan fingerprint density at radius 1 is 0.556 bits per heavy atom. The van der Waals surface area contributed by atoms with Gasteiger partial charge in [0.25, 0.3) is 0 Å². The van der Waals surface area contributed by atoms with Crippen LogP contribution in [0, 0.1) is 0 Å². The molecule has 0 saturated carbocycles. The molecule has 2 atom stereocenters. The molecule has 0 aliphatic rings. The number of hydrogen-bond donors (Lipinski definition) is 2. The first-order chi connectivity index (χ1) is 26.3. The minimum absolute atomic E-state index is 0.0499. The third-order valence-electron chi connectivity index (χ3n) is 9.28. The molecule has 0 aromatic carbocycles. The minimum Gasteiger partial charge on any atom is -0.462 e. The number of unbranched alkanes of at least 4 members (excludes halogenated alkanes) is 22. The maximum absolute atomic E-state index is 12.6. The van der Waals surface area contributed by atoms with Crippen LogP contribution in [0.25, 0.3) is 0 Å². The van der Waals surface area contributed by atoms with Crippen molar-refractivity contribution in [2.45, 2.75) is 206 Å². The van der Waals surface area contributed by atoms with Crippen LogP contribution in [0.5, 0.6) is 0 Å². The summed E-state index contributed by atoms with van der Waals surface area (Å²) >= 11 is 0. The summed E-state index contributed by atoms with van der Waals surface area (Å²) < 4.78 is 32.8. The van der Waals surface area contributed by atoms with Gasteiger partial charge in [-0.2, -0.15) is 0 Å². The van der Waals surface area contributed by atoms with Gasteiger partial charge in [0.2, 0.25) is 0 Å². The van der Waals surface area contributed by atoms with Gasteiger partial charge >= 0.3 is 19.8 Å². The first-order valence-corrected chi connectivity index (χ1v) is 23.5. The monoisotopic (exact) mass is 784 g/mol. The minimum atomic E-state index is -4.38. The van der Waals surface area contributed by atoms with Crippen LogP contribution in [0.3, 0.4) is 0 Å². The Kier molecular flexibility index (Phi) is 39.5. The van der Waals surface area contributed by atoms with E-state index in [0.717, 1.165) is 57.8 Å². The molecule has 316 valence electrons. The molecule has 0 radical (unpaired) electrons. The average molecular weight is 784 g/mol. The number of ether oxygens (including phenoxy) is 2. The SMILES string of the molecule is CCCCC/C=C\C/C=C\C/C=C\CCCCCCC(=O)O[C@H](COC(=O)CCCCCCCCCCCCCCCCCC)COP(=O)(O)OCCN. The van der Waals surface area contributed by atoms with E-state index in [-0.39, 0.29) is 38.6 Å². The molecule has 0 rings (SSSR count). The van der Waals surface area contributed by atoms with Gasteiger partial charge in [-0.25, -0.2) is 4.57 Å². The maximum atomic E-state index is 12.6. The Balaban J connectivity index is 4.18. The Bertz CT molecular complexity index is 986. The van der Waals surface area contributed by atoms with Crippen LogP contribution in [-0.4, -0.2) is 49.3 Å². The van der Waals surface area contributed by atoms with E-state index in [1.54, 1.807) is 0 Å². The number of phosphoric ester groups is 1. The molecule has 0 bridgehead atoms. The van der Waals surface area contributed by atoms with E-state index >= 15 is 0 Å². The molecule has 0 aromatic rings. The molecular formula is C44H82NO8P. The van der Waals surface area contributed by atoms with Crippen molar-refractivity contribution in [2.24, 2.45) is 5.73 Å².